The Kier molecular flexibility index (Phi) is 6.68. The zero-order valence-electron chi connectivity index (χ0n) is 16.0. The summed E-state index contributed by atoms with van der Waals surface area (Å²) in [5, 5.41) is 31.3. The summed E-state index contributed by atoms with van der Waals surface area (Å²) in [6, 6.07) is 13.6. The molecule has 1 heterocycles. The first-order chi connectivity index (χ1) is 14.7. The number of pyridine rings is 1. The molecule has 0 atom stereocenters. The molecule has 156 valence electrons. The average Bonchev–Trinajstić information content (AvgIpc) is 2.73. The third kappa shape index (κ3) is 4.57. The summed E-state index contributed by atoms with van der Waals surface area (Å²) in [6.45, 7) is 1.63. The second-order valence-electron chi connectivity index (χ2n) is 6.50. The molecule has 8 nitrogen and oxygen atoms in total. The van der Waals surface area contributed by atoms with Crippen LogP contribution >= 0.6 is 31.9 Å². The van der Waals surface area contributed by atoms with Crippen molar-refractivity contribution >= 4 is 49.4 Å². The summed E-state index contributed by atoms with van der Waals surface area (Å²) in [6.07, 6.45) is 1.32. The number of non-ortho nitro benzene ring substituents is 1. The van der Waals surface area contributed by atoms with E-state index in [2.05, 4.69) is 36.9 Å². The fourth-order valence-corrected chi connectivity index (χ4v) is 4.32. The molecule has 10 heteroatoms. The van der Waals surface area contributed by atoms with Crippen LogP contribution in [0.2, 0.25) is 0 Å². The highest BCUT2D eigenvalue weighted by atomic mass is 79.9. The number of aliphatic imine (C=N–C) groups is 1. The third-order valence-electron chi connectivity index (χ3n) is 4.57. The Bertz CT molecular complexity index is 1290. The maximum atomic E-state index is 12.7. The van der Waals surface area contributed by atoms with Crippen molar-refractivity contribution in [3.8, 4) is 11.9 Å². The summed E-state index contributed by atoms with van der Waals surface area (Å²) in [5.41, 5.74) is 0.782. The highest BCUT2D eigenvalue weighted by Gasteiger charge is 2.19. The summed E-state index contributed by atoms with van der Waals surface area (Å²) in [7, 11) is 0. The minimum absolute atomic E-state index is 0.0756. The van der Waals surface area contributed by atoms with Crippen LogP contribution in [0.5, 0.6) is 5.88 Å². The van der Waals surface area contributed by atoms with Gasteiger partial charge in [-0.25, -0.2) is 0 Å². The van der Waals surface area contributed by atoms with Gasteiger partial charge >= 0.3 is 0 Å². The molecule has 1 N–H and O–H groups in total. The number of nitrogens with zero attached hydrogens (tertiary/aromatic N) is 4. The number of nitriles is 1. The molecule has 0 unspecified atom stereocenters. The van der Waals surface area contributed by atoms with E-state index in [1.54, 1.807) is 19.1 Å². The number of benzene rings is 2. The Hall–Kier alpha value is -3.29. The van der Waals surface area contributed by atoms with Crippen LogP contribution in [0, 0.1) is 28.4 Å². The standard InChI is InChI=1S/C21H14Br2N4O4/c1-12-15(9-24)20(28)26(11-13-5-3-2-4-6-13)21(29)16(12)10-25-19-17(22)7-14(27(30)31)8-18(19)23/h2-8,10,29H,11H2,1H3. The molecule has 0 bridgehead atoms. The van der Waals surface area contributed by atoms with Crippen LogP contribution in [-0.4, -0.2) is 20.8 Å². The van der Waals surface area contributed by atoms with E-state index in [9.17, 15) is 25.3 Å². The lowest BCUT2D eigenvalue weighted by Crippen LogP contribution is -2.25. The van der Waals surface area contributed by atoms with Crippen molar-refractivity contribution in [2.45, 2.75) is 13.5 Å². The maximum absolute atomic E-state index is 12.7. The summed E-state index contributed by atoms with van der Waals surface area (Å²) in [4.78, 5) is 27.5. The molecule has 2 aromatic carbocycles. The Balaban J connectivity index is 2.14. The van der Waals surface area contributed by atoms with Gasteiger partial charge in [-0.05, 0) is 49.9 Å². The van der Waals surface area contributed by atoms with E-state index in [-0.39, 0.29) is 34.8 Å². The van der Waals surface area contributed by atoms with Gasteiger partial charge in [0, 0.05) is 18.3 Å². The minimum Gasteiger partial charge on any atom is -0.494 e. The van der Waals surface area contributed by atoms with Gasteiger partial charge < -0.3 is 5.11 Å². The summed E-state index contributed by atoms with van der Waals surface area (Å²) >= 11 is 6.51. The summed E-state index contributed by atoms with van der Waals surface area (Å²) < 4.78 is 1.84. The molecule has 0 aliphatic rings. The quantitative estimate of drug-likeness (QED) is 0.275. The van der Waals surface area contributed by atoms with Crippen LogP contribution in [0.15, 0.2) is 61.2 Å². The second kappa shape index (κ2) is 9.24. The van der Waals surface area contributed by atoms with Crippen molar-refractivity contribution in [3.63, 3.8) is 0 Å². The largest absolute Gasteiger partial charge is 0.494 e. The number of nitro groups is 1. The molecule has 0 spiro atoms. The number of rotatable bonds is 5. The summed E-state index contributed by atoms with van der Waals surface area (Å²) in [5.74, 6) is -0.330. The molecule has 0 aliphatic carbocycles. The first kappa shape index (κ1) is 22.4. The molecule has 0 saturated carbocycles. The Morgan fingerprint density at radius 1 is 1.26 bits per heavy atom. The zero-order chi connectivity index (χ0) is 22.7. The van der Waals surface area contributed by atoms with E-state index >= 15 is 0 Å². The molecule has 0 saturated heterocycles. The van der Waals surface area contributed by atoms with Crippen LogP contribution in [0.1, 0.15) is 22.3 Å². The van der Waals surface area contributed by atoms with Crippen molar-refractivity contribution in [2.24, 2.45) is 4.99 Å². The number of halogens is 2. The van der Waals surface area contributed by atoms with Gasteiger partial charge in [0.2, 0.25) is 5.88 Å². The molecule has 1 aromatic heterocycles. The van der Waals surface area contributed by atoms with Crippen LogP contribution in [0.25, 0.3) is 0 Å². The van der Waals surface area contributed by atoms with Gasteiger partial charge in [-0.2, -0.15) is 5.26 Å². The van der Waals surface area contributed by atoms with Gasteiger partial charge in [-0.3, -0.25) is 24.5 Å². The van der Waals surface area contributed by atoms with Crippen molar-refractivity contribution in [3.05, 3.63) is 94.1 Å². The SMILES string of the molecule is Cc1c(C=Nc2c(Br)cc([N+](=O)[O-])cc2Br)c(O)n(Cc2ccccc2)c(=O)c1C#N. The lowest BCUT2D eigenvalue weighted by molar-refractivity contribution is -0.385. The second-order valence-corrected chi connectivity index (χ2v) is 8.21. The van der Waals surface area contributed by atoms with Gasteiger partial charge in [0.1, 0.15) is 11.6 Å². The predicted octanol–water partition coefficient (Wildman–Crippen LogP) is 4.97. The minimum atomic E-state index is -0.601. The highest BCUT2D eigenvalue weighted by Crippen LogP contribution is 2.37. The van der Waals surface area contributed by atoms with Crippen LogP contribution in [-0.2, 0) is 6.54 Å². The van der Waals surface area contributed by atoms with E-state index in [1.807, 2.05) is 24.3 Å². The molecule has 0 fully saturated rings. The Morgan fingerprint density at radius 2 is 1.87 bits per heavy atom. The lowest BCUT2D eigenvalue weighted by atomic mass is 10.1. The van der Waals surface area contributed by atoms with Crippen molar-refractivity contribution in [1.29, 1.82) is 5.26 Å². The average molecular weight is 546 g/mol. The molecular weight excluding hydrogens is 532 g/mol. The van der Waals surface area contributed by atoms with Crippen molar-refractivity contribution in [2.75, 3.05) is 0 Å². The highest BCUT2D eigenvalue weighted by molar-refractivity contribution is 9.11. The lowest BCUT2D eigenvalue weighted by Gasteiger charge is -2.14. The van der Waals surface area contributed by atoms with Gasteiger partial charge in [-0.15, -0.1) is 0 Å². The normalized spacial score (nSPS) is 10.9. The van der Waals surface area contributed by atoms with Crippen molar-refractivity contribution in [1.82, 2.24) is 4.57 Å². The van der Waals surface area contributed by atoms with E-state index in [1.165, 1.54) is 18.3 Å². The molecule has 31 heavy (non-hydrogen) atoms. The molecule has 3 aromatic rings. The van der Waals surface area contributed by atoms with Crippen LogP contribution < -0.4 is 5.56 Å². The molecular formula is C21H14Br2N4O4. The zero-order valence-corrected chi connectivity index (χ0v) is 19.2. The Morgan fingerprint density at radius 3 is 2.42 bits per heavy atom. The van der Waals surface area contributed by atoms with E-state index in [4.69, 9.17) is 0 Å². The van der Waals surface area contributed by atoms with Gasteiger partial charge in [0.15, 0.2) is 0 Å². The topological polar surface area (TPSA) is 122 Å². The Labute approximate surface area is 193 Å². The monoisotopic (exact) mass is 544 g/mol. The number of nitro benzene ring substituents is 1. The smallest absolute Gasteiger partial charge is 0.271 e. The molecule has 0 aliphatic heterocycles. The maximum Gasteiger partial charge on any atom is 0.271 e. The number of aromatic hydroxyl groups is 1. The fraction of sp³-hybridized carbons (Fsp3) is 0.0952. The van der Waals surface area contributed by atoms with E-state index in [0.29, 0.717) is 14.6 Å². The molecule has 3 rings (SSSR count). The van der Waals surface area contributed by atoms with Crippen LogP contribution in [0.3, 0.4) is 0 Å². The van der Waals surface area contributed by atoms with E-state index in [0.717, 1.165) is 10.1 Å². The third-order valence-corrected chi connectivity index (χ3v) is 5.77. The van der Waals surface area contributed by atoms with Crippen molar-refractivity contribution < 1.29 is 10.0 Å². The van der Waals surface area contributed by atoms with Gasteiger partial charge in [0.25, 0.3) is 11.2 Å². The van der Waals surface area contributed by atoms with Gasteiger partial charge in [-0.1, -0.05) is 30.3 Å². The fourth-order valence-electron chi connectivity index (χ4n) is 2.95. The number of aromatic nitrogens is 1. The van der Waals surface area contributed by atoms with E-state index < -0.39 is 10.5 Å². The molecule has 0 radical (unpaired) electrons. The van der Waals surface area contributed by atoms with Gasteiger partial charge in [0.05, 0.1) is 31.7 Å². The molecule has 0 amide bonds. The van der Waals surface area contributed by atoms with Crippen LogP contribution in [0.4, 0.5) is 11.4 Å². The first-order valence-corrected chi connectivity index (χ1v) is 10.4. The number of hydrogen-bond acceptors (Lipinski definition) is 6. The first-order valence-electron chi connectivity index (χ1n) is 8.82. The predicted molar refractivity (Wildman–Crippen MR) is 123 cm³/mol. The number of hydrogen-bond donors (Lipinski definition) is 1.